The van der Waals surface area contributed by atoms with Crippen molar-refractivity contribution >= 4 is 8.32 Å². The van der Waals surface area contributed by atoms with Gasteiger partial charge in [-0.2, -0.15) is 0 Å². The molecule has 0 amide bonds. The summed E-state index contributed by atoms with van der Waals surface area (Å²) in [5, 5.41) is 29.3. The van der Waals surface area contributed by atoms with Crippen molar-refractivity contribution < 1.29 is 38.7 Å². The van der Waals surface area contributed by atoms with Gasteiger partial charge in [0.15, 0.2) is 19.9 Å². The Morgan fingerprint density at radius 3 is 1.51 bits per heavy atom. The van der Waals surface area contributed by atoms with Gasteiger partial charge in [0.05, 0.1) is 37.6 Å². The summed E-state index contributed by atoms with van der Waals surface area (Å²) in [4.78, 5) is 0. The Bertz CT molecular complexity index is 678. The van der Waals surface area contributed by atoms with Crippen LogP contribution in [0.3, 0.4) is 0 Å². The lowest BCUT2D eigenvalue weighted by molar-refractivity contribution is -0.155. The van der Waals surface area contributed by atoms with E-state index in [1.165, 1.54) is 0 Å². The number of hydrogen-bond donors (Lipinski definition) is 3. The van der Waals surface area contributed by atoms with Crippen LogP contribution in [0.2, 0.25) is 18.1 Å². The van der Waals surface area contributed by atoms with E-state index in [-0.39, 0.29) is 54.0 Å². The number of hydrogen-bond acceptors (Lipinski definition) is 8. The van der Waals surface area contributed by atoms with Crippen LogP contribution in [-0.4, -0.2) is 85.0 Å². The Balaban J connectivity index is 0.000000397. The van der Waals surface area contributed by atoms with Gasteiger partial charge in [0.2, 0.25) is 0 Å². The molecule has 0 radical (unpaired) electrons. The van der Waals surface area contributed by atoms with E-state index in [9.17, 15) is 15.3 Å². The summed E-state index contributed by atoms with van der Waals surface area (Å²) in [6, 6.07) is 0. The quantitative estimate of drug-likeness (QED) is 0.332. The van der Waals surface area contributed by atoms with Crippen molar-refractivity contribution in [3.63, 3.8) is 0 Å². The molecule has 0 aliphatic carbocycles. The molecular weight excluding hydrogens is 492 g/mol. The van der Waals surface area contributed by atoms with Gasteiger partial charge in [-0.15, -0.1) is 0 Å². The van der Waals surface area contributed by atoms with E-state index in [1.807, 2.05) is 55.4 Å². The van der Waals surface area contributed by atoms with Crippen LogP contribution in [0.25, 0.3) is 0 Å². The van der Waals surface area contributed by atoms with E-state index in [0.717, 1.165) is 6.42 Å². The molecule has 2 rings (SSSR count). The van der Waals surface area contributed by atoms with E-state index in [1.54, 1.807) is 0 Å². The number of aliphatic hydroxyl groups excluding tert-OH is 3. The van der Waals surface area contributed by atoms with Gasteiger partial charge in [0.1, 0.15) is 12.2 Å². The zero-order valence-corrected chi connectivity index (χ0v) is 26.8. The summed E-state index contributed by atoms with van der Waals surface area (Å²) in [7, 11) is -1.82. The molecule has 0 unspecified atom stereocenters. The molecule has 222 valence electrons. The van der Waals surface area contributed by atoms with Gasteiger partial charge in [-0.1, -0.05) is 48.5 Å². The lowest BCUT2D eigenvalue weighted by Gasteiger charge is -2.37. The average molecular weight is 551 g/mol. The van der Waals surface area contributed by atoms with Crippen LogP contribution in [0.15, 0.2) is 0 Å². The summed E-state index contributed by atoms with van der Waals surface area (Å²) < 4.78 is 29.7. The van der Waals surface area contributed by atoms with E-state index in [4.69, 9.17) is 23.4 Å². The fourth-order valence-corrected chi connectivity index (χ4v) is 5.59. The van der Waals surface area contributed by atoms with Crippen LogP contribution >= 0.6 is 0 Å². The predicted octanol–water partition coefficient (Wildman–Crippen LogP) is 4.84. The number of aliphatic hydroxyl groups is 3. The Labute approximate surface area is 227 Å². The number of rotatable bonds is 10. The number of ether oxygens (including phenoxy) is 4. The van der Waals surface area contributed by atoms with Crippen LogP contribution in [-0.2, 0) is 23.4 Å². The largest absolute Gasteiger partial charge is 0.414 e. The fourth-order valence-electron chi connectivity index (χ4n) is 4.58. The maximum atomic E-state index is 10.2. The van der Waals surface area contributed by atoms with Crippen molar-refractivity contribution in [1.29, 1.82) is 0 Å². The van der Waals surface area contributed by atoms with E-state index in [0.29, 0.717) is 13.0 Å². The SMILES string of the molecule is CC[C@H](O)[C@H](C)[C@H]1OC(C)(C)O[C@H]1CO.CC[C@H](O)[C@H](C)[C@H]1OC(C)(C)O[C@H]1CO[Si](C)(C)C(C)(C)C. The molecular formula is C28H58O8Si. The Morgan fingerprint density at radius 2 is 1.16 bits per heavy atom. The Morgan fingerprint density at radius 1 is 0.784 bits per heavy atom. The maximum Gasteiger partial charge on any atom is 0.192 e. The predicted molar refractivity (Wildman–Crippen MR) is 149 cm³/mol. The molecule has 2 aliphatic heterocycles. The molecule has 0 bridgehead atoms. The minimum absolute atomic E-state index is 0.0276. The van der Waals surface area contributed by atoms with Crippen LogP contribution in [0.1, 0.15) is 89.0 Å². The first-order valence-corrected chi connectivity index (χ1v) is 16.9. The third-order valence-corrected chi connectivity index (χ3v) is 12.6. The fraction of sp³-hybridized carbons (Fsp3) is 1.00. The lowest BCUT2D eigenvalue weighted by Crippen LogP contribution is -2.45. The van der Waals surface area contributed by atoms with Crippen molar-refractivity contribution in [3.05, 3.63) is 0 Å². The minimum Gasteiger partial charge on any atom is -0.414 e. The average Bonchev–Trinajstić information content (AvgIpc) is 3.29. The monoisotopic (exact) mass is 550 g/mol. The minimum atomic E-state index is -1.82. The highest BCUT2D eigenvalue weighted by atomic mass is 28.4. The van der Waals surface area contributed by atoms with Gasteiger partial charge in [0, 0.05) is 11.8 Å². The zero-order valence-electron chi connectivity index (χ0n) is 25.8. The maximum absolute atomic E-state index is 10.2. The third-order valence-electron chi connectivity index (χ3n) is 8.12. The van der Waals surface area contributed by atoms with Gasteiger partial charge in [-0.3, -0.25) is 0 Å². The van der Waals surface area contributed by atoms with Gasteiger partial charge in [-0.05, 0) is 58.7 Å². The van der Waals surface area contributed by atoms with Crippen LogP contribution in [0.4, 0.5) is 0 Å². The van der Waals surface area contributed by atoms with Gasteiger partial charge >= 0.3 is 0 Å². The summed E-state index contributed by atoms with van der Waals surface area (Å²) in [6.45, 7) is 27.0. The molecule has 2 saturated heterocycles. The highest BCUT2D eigenvalue weighted by molar-refractivity contribution is 6.74. The molecule has 2 fully saturated rings. The molecule has 0 aromatic heterocycles. The molecule has 3 N–H and O–H groups in total. The topological polar surface area (TPSA) is 107 Å². The molecule has 0 aromatic rings. The first kappa shape index (κ1) is 34.9. The van der Waals surface area contributed by atoms with Crippen molar-refractivity contribution in [2.24, 2.45) is 11.8 Å². The van der Waals surface area contributed by atoms with Crippen molar-refractivity contribution in [1.82, 2.24) is 0 Å². The molecule has 37 heavy (non-hydrogen) atoms. The third kappa shape index (κ3) is 9.79. The molecule has 2 heterocycles. The highest BCUT2D eigenvalue weighted by Gasteiger charge is 2.47. The molecule has 8 atom stereocenters. The Kier molecular flexibility index (Phi) is 12.7. The first-order chi connectivity index (χ1) is 16.7. The smallest absolute Gasteiger partial charge is 0.192 e. The van der Waals surface area contributed by atoms with Crippen LogP contribution < -0.4 is 0 Å². The van der Waals surface area contributed by atoms with Gasteiger partial charge < -0.3 is 38.7 Å². The highest BCUT2D eigenvalue weighted by Crippen LogP contribution is 2.39. The molecule has 8 nitrogen and oxygen atoms in total. The van der Waals surface area contributed by atoms with E-state index < -0.39 is 26.0 Å². The second kappa shape index (κ2) is 13.5. The standard InChI is InChI=1S/C17H36O4Si.C11H22O4/c1-10-13(18)12(2)15-14(20-17(6,7)21-15)11-19-22(8,9)16(3,4)5;1-5-8(13)7(2)10-9(6-12)14-11(3,4)15-10/h12-15,18H,10-11H2,1-9H3;7-10,12-13H,5-6H2,1-4H3/t12-,13-,14-,15+;7-,8-,9-,10+/m00/s1. The van der Waals surface area contributed by atoms with Crippen LogP contribution in [0, 0.1) is 11.8 Å². The zero-order chi connectivity index (χ0) is 29.0. The normalized spacial score (nSPS) is 30.8. The summed E-state index contributed by atoms with van der Waals surface area (Å²) in [6.07, 6.45) is -0.220. The molecule has 0 aromatic carbocycles. The van der Waals surface area contributed by atoms with Crippen LogP contribution in [0.5, 0.6) is 0 Å². The second-order valence-corrected chi connectivity index (χ2v) is 18.0. The van der Waals surface area contributed by atoms with Crippen molar-refractivity contribution in [2.45, 2.75) is 155 Å². The Hall–Kier alpha value is -0.103. The summed E-state index contributed by atoms with van der Waals surface area (Å²) in [5.41, 5.74) is 0. The summed E-state index contributed by atoms with van der Waals surface area (Å²) >= 11 is 0. The second-order valence-electron chi connectivity index (χ2n) is 13.2. The lowest BCUT2D eigenvalue weighted by atomic mass is 9.93. The molecule has 0 saturated carbocycles. The first-order valence-electron chi connectivity index (χ1n) is 14.0. The van der Waals surface area contributed by atoms with E-state index >= 15 is 0 Å². The van der Waals surface area contributed by atoms with Gasteiger partial charge in [-0.25, -0.2) is 0 Å². The van der Waals surface area contributed by atoms with E-state index in [2.05, 4.69) is 33.9 Å². The van der Waals surface area contributed by atoms with Gasteiger partial charge in [0.25, 0.3) is 0 Å². The van der Waals surface area contributed by atoms with Crippen molar-refractivity contribution in [2.75, 3.05) is 13.2 Å². The summed E-state index contributed by atoms with van der Waals surface area (Å²) in [5.74, 6) is -1.29. The van der Waals surface area contributed by atoms with Crippen molar-refractivity contribution in [3.8, 4) is 0 Å². The molecule has 2 aliphatic rings. The molecule has 9 heteroatoms. The molecule has 0 spiro atoms.